The molecule has 0 aliphatic heterocycles. The highest BCUT2D eigenvalue weighted by atomic mass is 35.5. The van der Waals surface area contributed by atoms with E-state index in [0.717, 1.165) is 5.01 Å². The Balaban J connectivity index is 2.38. The van der Waals surface area contributed by atoms with Gasteiger partial charge in [-0.1, -0.05) is 22.9 Å². The molecule has 0 radical (unpaired) electrons. The number of alkyl halides is 1. The van der Waals surface area contributed by atoms with Crippen molar-refractivity contribution in [1.29, 1.82) is 0 Å². The fourth-order valence-corrected chi connectivity index (χ4v) is 2.65. The second-order valence-electron chi connectivity index (χ2n) is 3.10. The molecule has 0 aliphatic carbocycles. The Labute approximate surface area is 107 Å². The average Bonchev–Trinajstić information content (AvgIpc) is 2.71. The number of hydrogen-bond acceptors (Lipinski definition) is 4. The molecule has 1 aromatic heterocycles. The zero-order valence-electron chi connectivity index (χ0n) is 8.15. The van der Waals surface area contributed by atoms with Crippen molar-refractivity contribution in [2.75, 3.05) is 5.88 Å². The Bertz CT molecular complexity index is 501. The van der Waals surface area contributed by atoms with Gasteiger partial charge < -0.3 is 5.11 Å². The van der Waals surface area contributed by atoms with E-state index < -0.39 is 0 Å². The molecule has 0 saturated heterocycles. The number of nitrogens with zero attached hydrogens (tertiary/aromatic N) is 2. The molecule has 0 amide bonds. The second kappa shape index (κ2) is 4.99. The quantitative estimate of drug-likeness (QED) is 0.874. The maximum absolute atomic E-state index is 9.39. The molecule has 3 nitrogen and oxygen atoms in total. The number of phenols is 1. The summed E-state index contributed by atoms with van der Waals surface area (Å²) >= 11 is 13.1. The maximum atomic E-state index is 9.39. The summed E-state index contributed by atoms with van der Waals surface area (Å²) in [5, 5.41) is 19.5. The molecule has 84 valence electrons. The van der Waals surface area contributed by atoms with Gasteiger partial charge in [0.1, 0.15) is 15.8 Å². The van der Waals surface area contributed by atoms with Gasteiger partial charge in [0.2, 0.25) is 0 Å². The first-order valence-corrected chi connectivity index (χ1v) is 6.31. The normalized spacial score (nSPS) is 10.6. The third-order valence-corrected chi connectivity index (χ3v) is 3.49. The molecule has 0 atom stereocenters. The summed E-state index contributed by atoms with van der Waals surface area (Å²) < 4.78 is 0. The van der Waals surface area contributed by atoms with Gasteiger partial charge >= 0.3 is 0 Å². The average molecular weight is 275 g/mol. The van der Waals surface area contributed by atoms with E-state index in [-0.39, 0.29) is 5.75 Å². The SMILES string of the molecule is Oc1ccc(Cl)c(-c2nnc(CCCl)s2)c1. The van der Waals surface area contributed by atoms with Crippen molar-refractivity contribution in [3.63, 3.8) is 0 Å². The van der Waals surface area contributed by atoms with E-state index in [1.54, 1.807) is 12.1 Å². The molecule has 16 heavy (non-hydrogen) atoms. The number of benzene rings is 1. The van der Waals surface area contributed by atoms with Gasteiger partial charge in [0, 0.05) is 17.9 Å². The zero-order chi connectivity index (χ0) is 11.5. The molecule has 0 bridgehead atoms. The van der Waals surface area contributed by atoms with Crippen LogP contribution in [0.15, 0.2) is 18.2 Å². The van der Waals surface area contributed by atoms with E-state index in [9.17, 15) is 5.11 Å². The van der Waals surface area contributed by atoms with Crippen LogP contribution in [0.3, 0.4) is 0 Å². The monoisotopic (exact) mass is 274 g/mol. The van der Waals surface area contributed by atoms with Crippen LogP contribution in [0.1, 0.15) is 5.01 Å². The van der Waals surface area contributed by atoms with E-state index in [1.165, 1.54) is 17.4 Å². The molecule has 0 saturated carbocycles. The van der Waals surface area contributed by atoms with Crippen molar-refractivity contribution < 1.29 is 5.11 Å². The second-order valence-corrected chi connectivity index (χ2v) is 4.95. The van der Waals surface area contributed by atoms with Crippen LogP contribution in [0.25, 0.3) is 10.6 Å². The van der Waals surface area contributed by atoms with Crippen molar-refractivity contribution >= 4 is 34.5 Å². The van der Waals surface area contributed by atoms with Gasteiger partial charge in [0.05, 0.1) is 5.02 Å². The van der Waals surface area contributed by atoms with Gasteiger partial charge in [-0.25, -0.2) is 0 Å². The molecule has 1 aromatic carbocycles. The van der Waals surface area contributed by atoms with Crippen LogP contribution in [-0.2, 0) is 6.42 Å². The minimum atomic E-state index is 0.161. The number of rotatable bonds is 3. The van der Waals surface area contributed by atoms with Gasteiger partial charge in [-0.3, -0.25) is 0 Å². The molecular formula is C10H8Cl2N2OS. The fraction of sp³-hybridized carbons (Fsp3) is 0.200. The highest BCUT2D eigenvalue weighted by molar-refractivity contribution is 7.14. The molecule has 0 spiro atoms. The third-order valence-electron chi connectivity index (χ3n) is 1.96. The first kappa shape index (κ1) is 11.6. The fourth-order valence-electron chi connectivity index (χ4n) is 1.22. The Morgan fingerprint density at radius 1 is 1.31 bits per heavy atom. The molecule has 6 heteroatoms. The van der Waals surface area contributed by atoms with E-state index in [2.05, 4.69) is 10.2 Å². The molecular weight excluding hydrogens is 267 g/mol. The van der Waals surface area contributed by atoms with E-state index >= 15 is 0 Å². The lowest BCUT2D eigenvalue weighted by Gasteiger charge is -1.99. The van der Waals surface area contributed by atoms with Crippen molar-refractivity contribution in [2.24, 2.45) is 0 Å². The van der Waals surface area contributed by atoms with Crippen LogP contribution in [0.2, 0.25) is 5.02 Å². The van der Waals surface area contributed by atoms with Crippen LogP contribution in [0.5, 0.6) is 5.75 Å². The van der Waals surface area contributed by atoms with E-state index in [0.29, 0.717) is 27.9 Å². The molecule has 1 heterocycles. The number of hydrogen-bond donors (Lipinski definition) is 1. The van der Waals surface area contributed by atoms with Crippen molar-refractivity contribution in [1.82, 2.24) is 10.2 Å². The zero-order valence-corrected chi connectivity index (χ0v) is 10.5. The summed E-state index contributed by atoms with van der Waals surface area (Å²) in [5.74, 6) is 0.677. The number of aromatic nitrogens is 2. The minimum Gasteiger partial charge on any atom is -0.508 e. The summed E-state index contributed by atoms with van der Waals surface area (Å²) in [6.07, 6.45) is 0.690. The van der Waals surface area contributed by atoms with Gasteiger partial charge in [0.15, 0.2) is 0 Å². The molecule has 0 aliphatic rings. The van der Waals surface area contributed by atoms with E-state index in [1.807, 2.05) is 0 Å². The molecule has 0 fully saturated rings. The van der Waals surface area contributed by atoms with Crippen molar-refractivity contribution in [3.8, 4) is 16.3 Å². The standard InChI is InChI=1S/C10H8Cl2N2OS/c11-4-3-9-13-14-10(16-9)7-5-6(15)1-2-8(7)12/h1-2,5,15H,3-4H2. The Morgan fingerprint density at radius 3 is 2.88 bits per heavy atom. The van der Waals surface area contributed by atoms with Gasteiger partial charge in [-0.15, -0.1) is 21.8 Å². The summed E-state index contributed by atoms with van der Waals surface area (Å²) in [5.41, 5.74) is 0.694. The topological polar surface area (TPSA) is 46.0 Å². The Kier molecular flexibility index (Phi) is 3.63. The van der Waals surface area contributed by atoms with Gasteiger partial charge in [-0.2, -0.15) is 0 Å². The number of phenolic OH excluding ortho intramolecular Hbond substituents is 1. The third kappa shape index (κ3) is 2.45. The molecule has 1 N–H and O–H groups in total. The Hall–Kier alpha value is -0.840. The smallest absolute Gasteiger partial charge is 0.149 e. The lowest BCUT2D eigenvalue weighted by Crippen LogP contribution is -1.83. The van der Waals surface area contributed by atoms with Crippen LogP contribution in [0, 0.1) is 0 Å². The predicted molar refractivity (Wildman–Crippen MR) is 66.4 cm³/mol. The van der Waals surface area contributed by atoms with Crippen LogP contribution in [-0.4, -0.2) is 21.2 Å². The molecule has 2 rings (SSSR count). The number of aryl methyl sites for hydroxylation is 1. The minimum absolute atomic E-state index is 0.161. The number of aromatic hydroxyl groups is 1. The largest absolute Gasteiger partial charge is 0.508 e. The van der Waals surface area contributed by atoms with Gasteiger partial charge in [-0.05, 0) is 18.2 Å². The summed E-state index contributed by atoms with van der Waals surface area (Å²) in [6, 6.07) is 4.74. The number of halogens is 2. The van der Waals surface area contributed by atoms with Crippen LogP contribution in [0.4, 0.5) is 0 Å². The van der Waals surface area contributed by atoms with Crippen LogP contribution < -0.4 is 0 Å². The Morgan fingerprint density at radius 2 is 2.12 bits per heavy atom. The highest BCUT2D eigenvalue weighted by Crippen LogP contribution is 2.32. The van der Waals surface area contributed by atoms with Crippen molar-refractivity contribution in [2.45, 2.75) is 6.42 Å². The first-order chi connectivity index (χ1) is 7.70. The van der Waals surface area contributed by atoms with Crippen LogP contribution >= 0.6 is 34.5 Å². The van der Waals surface area contributed by atoms with Gasteiger partial charge in [0.25, 0.3) is 0 Å². The molecule has 0 unspecified atom stereocenters. The summed E-state index contributed by atoms with van der Waals surface area (Å²) in [4.78, 5) is 0. The van der Waals surface area contributed by atoms with Crippen molar-refractivity contribution in [3.05, 3.63) is 28.2 Å². The predicted octanol–water partition coefficient (Wildman–Crippen LogP) is 3.35. The maximum Gasteiger partial charge on any atom is 0.149 e. The lowest BCUT2D eigenvalue weighted by molar-refractivity contribution is 0.475. The molecule has 2 aromatic rings. The summed E-state index contributed by atoms with van der Waals surface area (Å²) in [6.45, 7) is 0. The van der Waals surface area contributed by atoms with E-state index in [4.69, 9.17) is 23.2 Å². The summed E-state index contributed by atoms with van der Waals surface area (Å²) in [7, 11) is 0. The lowest BCUT2D eigenvalue weighted by atomic mass is 10.2. The highest BCUT2D eigenvalue weighted by Gasteiger charge is 2.10. The first-order valence-electron chi connectivity index (χ1n) is 4.58.